The number of amides is 1. The van der Waals surface area contributed by atoms with Gasteiger partial charge < -0.3 is 5.32 Å². The molecular formula is C21H21ClF3NO6S. The second-order valence-corrected chi connectivity index (χ2v) is 9.46. The van der Waals surface area contributed by atoms with Gasteiger partial charge in [-0.3, -0.25) is 14.6 Å². The molecule has 0 heterocycles. The molecule has 0 unspecified atom stereocenters. The van der Waals surface area contributed by atoms with Gasteiger partial charge in [0.25, 0.3) is 0 Å². The van der Waals surface area contributed by atoms with Gasteiger partial charge in [0.2, 0.25) is 9.84 Å². The van der Waals surface area contributed by atoms with E-state index >= 15 is 0 Å². The van der Waals surface area contributed by atoms with E-state index in [-0.39, 0.29) is 33.4 Å². The van der Waals surface area contributed by atoms with Gasteiger partial charge in [-0.1, -0.05) is 30.7 Å². The first-order chi connectivity index (χ1) is 15.3. The van der Waals surface area contributed by atoms with Crippen molar-refractivity contribution in [1.82, 2.24) is 5.32 Å². The van der Waals surface area contributed by atoms with E-state index in [9.17, 15) is 31.2 Å². The van der Waals surface area contributed by atoms with Gasteiger partial charge >= 0.3 is 18.1 Å². The summed E-state index contributed by atoms with van der Waals surface area (Å²) < 4.78 is 62.8. The molecule has 0 aromatic heterocycles. The van der Waals surface area contributed by atoms with Crippen LogP contribution in [0.1, 0.15) is 32.3 Å². The van der Waals surface area contributed by atoms with E-state index in [4.69, 9.17) is 16.5 Å². The van der Waals surface area contributed by atoms with Crippen LogP contribution in [-0.2, 0) is 30.7 Å². The standard InChI is InChI=1S/C21H21ClF3NO6S/c1-3-4-19(27)32-31-18-10-9-16(12-17(18)22)33(29,30)15-7-5-14(6-8-15)11-13(2)26-20(28)21(23,24)25/h5-10,12-13H,3-4,11H2,1-2H3,(H,26,28)/t13-/m1/s1. The molecular weight excluding hydrogens is 487 g/mol. The lowest BCUT2D eigenvalue weighted by atomic mass is 10.1. The maximum atomic E-state index is 12.9. The third-order valence-electron chi connectivity index (χ3n) is 4.30. The Morgan fingerprint density at radius 1 is 1.09 bits per heavy atom. The number of carbonyl (C=O) groups is 2. The Morgan fingerprint density at radius 2 is 1.70 bits per heavy atom. The van der Waals surface area contributed by atoms with Gasteiger partial charge in [-0.15, -0.1) is 0 Å². The summed E-state index contributed by atoms with van der Waals surface area (Å²) in [5.41, 5.74) is 0.527. The van der Waals surface area contributed by atoms with E-state index in [1.54, 1.807) is 6.92 Å². The van der Waals surface area contributed by atoms with E-state index in [1.165, 1.54) is 43.3 Å². The maximum absolute atomic E-state index is 12.9. The number of hydrogen-bond donors (Lipinski definition) is 1. The Morgan fingerprint density at radius 3 is 2.24 bits per heavy atom. The summed E-state index contributed by atoms with van der Waals surface area (Å²) in [4.78, 5) is 31.6. The van der Waals surface area contributed by atoms with Crippen LogP contribution in [-0.4, -0.2) is 32.5 Å². The van der Waals surface area contributed by atoms with E-state index in [0.29, 0.717) is 12.0 Å². The summed E-state index contributed by atoms with van der Waals surface area (Å²) in [5, 5.41) is 1.74. The van der Waals surface area contributed by atoms with Gasteiger partial charge in [0.1, 0.15) is 0 Å². The van der Waals surface area contributed by atoms with Gasteiger partial charge in [0, 0.05) is 12.5 Å². The third kappa shape index (κ3) is 7.36. The van der Waals surface area contributed by atoms with Crippen molar-refractivity contribution in [3.63, 3.8) is 0 Å². The quantitative estimate of drug-likeness (QED) is 0.398. The van der Waals surface area contributed by atoms with Crippen molar-refractivity contribution < 1.29 is 41.0 Å². The van der Waals surface area contributed by atoms with Gasteiger partial charge in [-0.2, -0.15) is 13.2 Å². The minimum Gasteiger partial charge on any atom is -0.345 e. The van der Waals surface area contributed by atoms with Gasteiger partial charge in [0.05, 0.1) is 14.8 Å². The Bertz CT molecular complexity index is 1100. The fourth-order valence-corrected chi connectivity index (χ4v) is 4.27. The van der Waals surface area contributed by atoms with Crippen LogP contribution in [0, 0.1) is 0 Å². The van der Waals surface area contributed by atoms with Crippen molar-refractivity contribution in [3.8, 4) is 5.75 Å². The Hall–Kier alpha value is -2.79. The second kappa shape index (κ2) is 10.9. The summed E-state index contributed by atoms with van der Waals surface area (Å²) in [5.74, 6) is -2.68. The number of nitrogens with one attached hydrogen (secondary N) is 1. The first kappa shape index (κ1) is 26.5. The van der Waals surface area contributed by atoms with Crippen molar-refractivity contribution in [2.45, 2.75) is 55.1 Å². The smallest absolute Gasteiger partial charge is 0.345 e. The predicted molar refractivity (Wildman–Crippen MR) is 112 cm³/mol. The van der Waals surface area contributed by atoms with Gasteiger partial charge in [0.15, 0.2) is 5.75 Å². The fourth-order valence-electron chi connectivity index (χ4n) is 2.70. The predicted octanol–water partition coefficient (Wildman–Crippen LogP) is 4.42. The lowest BCUT2D eigenvalue weighted by Gasteiger charge is -2.15. The first-order valence-electron chi connectivity index (χ1n) is 9.73. The second-order valence-electron chi connectivity index (χ2n) is 7.10. The highest BCUT2D eigenvalue weighted by Crippen LogP contribution is 2.30. The molecule has 0 fully saturated rings. The van der Waals surface area contributed by atoms with Crippen molar-refractivity contribution >= 4 is 33.3 Å². The zero-order chi connectivity index (χ0) is 24.8. The molecule has 2 aromatic carbocycles. The minimum atomic E-state index is -4.98. The van der Waals surface area contributed by atoms with E-state index < -0.39 is 33.9 Å². The fraction of sp³-hybridized carbons (Fsp3) is 0.333. The van der Waals surface area contributed by atoms with Crippen molar-refractivity contribution in [1.29, 1.82) is 0 Å². The molecule has 2 rings (SSSR count). The molecule has 0 saturated heterocycles. The Kier molecular flexibility index (Phi) is 8.73. The Labute approximate surface area is 193 Å². The average Bonchev–Trinajstić information content (AvgIpc) is 2.72. The summed E-state index contributed by atoms with van der Waals surface area (Å²) in [6.45, 7) is 3.19. The zero-order valence-electron chi connectivity index (χ0n) is 17.6. The van der Waals surface area contributed by atoms with Crippen LogP contribution in [0.3, 0.4) is 0 Å². The molecule has 1 amide bonds. The molecule has 0 saturated carbocycles. The molecule has 1 N–H and O–H groups in total. The highest BCUT2D eigenvalue weighted by atomic mass is 35.5. The Balaban J connectivity index is 2.10. The number of carbonyl (C=O) groups excluding carboxylic acids is 2. The molecule has 0 aliphatic rings. The SMILES string of the molecule is CCCC(=O)OOc1ccc(S(=O)(=O)c2ccc(C[C@@H](C)NC(=O)C(F)(F)F)cc2)cc1Cl. The number of halogens is 4. The van der Waals surface area contributed by atoms with E-state index in [2.05, 4.69) is 4.89 Å². The van der Waals surface area contributed by atoms with Crippen LogP contribution in [0.4, 0.5) is 13.2 Å². The average molecular weight is 508 g/mol. The van der Waals surface area contributed by atoms with Crippen LogP contribution < -0.4 is 10.2 Å². The lowest BCUT2D eigenvalue weighted by Crippen LogP contribution is -2.42. The number of benzene rings is 2. The third-order valence-corrected chi connectivity index (χ3v) is 6.37. The molecule has 0 aliphatic carbocycles. The van der Waals surface area contributed by atoms with Gasteiger partial charge in [-0.25, -0.2) is 13.2 Å². The summed E-state index contributed by atoms with van der Waals surface area (Å²) in [7, 11) is -3.97. The molecule has 0 spiro atoms. The number of rotatable bonds is 9. The summed E-state index contributed by atoms with van der Waals surface area (Å²) in [6, 6.07) is 8.27. The largest absolute Gasteiger partial charge is 0.471 e. The normalized spacial score (nSPS) is 12.7. The number of alkyl halides is 3. The lowest BCUT2D eigenvalue weighted by molar-refractivity contribution is -0.213. The molecule has 33 heavy (non-hydrogen) atoms. The molecule has 0 bridgehead atoms. The van der Waals surface area contributed by atoms with Crippen molar-refractivity contribution in [2.75, 3.05) is 0 Å². The van der Waals surface area contributed by atoms with Crippen molar-refractivity contribution in [3.05, 3.63) is 53.1 Å². The van der Waals surface area contributed by atoms with Crippen LogP contribution in [0.15, 0.2) is 52.3 Å². The van der Waals surface area contributed by atoms with Crippen LogP contribution >= 0.6 is 11.6 Å². The summed E-state index contributed by atoms with van der Waals surface area (Å²) >= 11 is 6.04. The van der Waals surface area contributed by atoms with Crippen LogP contribution in [0.5, 0.6) is 5.75 Å². The number of hydrogen-bond acceptors (Lipinski definition) is 6. The van der Waals surface area contributed by atoms with E-state index in [0.717, 1.165) is 6.07 Å². The highest BCUT2D eigenvalue weighted by molar-refractivity contribution is 7.91. The first-order valence-corrected chi connectivity index (χ1v) is 11.6. The maximum Gasteiger partial charge on any atom is 0.471 e. The summed E-state index contributed by atoms with van der Waals surface area (Å²) in [6.07, 6.45) is -4.21. The highest BCUT2D eigenvalue weighted by Gasteiger charge is 2.39. The van der Waals surface area contributed by atoms with E-state index in [1.807, 2.05) is 5.32 Å². The molecule has 0 aliphatic heterocycles. The van der Waals surface area contributed by atoms with Gasteiger partial charge in [-0.05, 0) is 55.7 Å². The topological polar surface area (TPSA) is 98.8 Å². The molecule has 1 atom stereocenters. The molecule has 12 heteroatoms. The molecule has 0 radical (unpaired) electrons. The monoisotopic (exact) mass is 507 g/mol. The molecule has 180 valence electrons. The zero-order valence-corrected chi connectivity index (χ0v) is 19.2. The van der Waals surface area contributed by atoms with Crippen LogP contribution in [0.25, 0.3) is 0 Å². The van der Waals surface area contributed by atoms with Crippen LogP contribution in [0.2, 0.25) is 5.02 Å². The van der Waals surface area contributed by atoms with Crippen molar-refractivity contribution in [2.24, 2.45) is 0 Å². The minimum absolute atomic E-state index is 0.0368. The molecule has 7 nitrogen and oxygen atoms in total. The number of sulfone groups is 1. The molecule has 2 aromatic rings.